The normalized spacial score (nSPS) is 23.3. The monoisotopic (exact) mass is 311 g/mol. The van der Waals surface area contributed by atoms with Crippen LogP contribution in [-0.4, -0.2) is 36.5 Å². The summed E-state index contributed by atoms with van der Waals surface area (Å²) in [5.74, 6) is 0.673. The number of hydrogen-bond donors (Lipinski definition) is 0. The summed E-state index contributed by atoms with van der Waals surface area (Å²) in [7, 11) is 1.87. The molecule has 0 heterocycles. The van der Waals surface area contributed by atoms with Crippen molar-refractivity contribution in [3.63, 3.8) is 0 Å². The highest BCUT2D eigenvalue weighted by Gasteiger charge is 2.59. The third-order valence-corrected chi connectivity index (χ3v) is 5.12. The molecule has 128 valence electrons. The third kappa shape index (κ3) is 4.72. The second-order valence-electron chi connectivity index (χ2n) is 8.48. The third-order valence-electron chi connectivity index (χ3n) is 5.12. The molecule has 4 nitrogen and oxygen atoms in total. The first-order chi connectivity index (χ1) is 9.88. The van der Waals surface area contributed by atoms with E-state index in [4.69, 9.17) is 4.74 Å². The molecule has 0 N–H and O–H groups in total. The van der Waals surface area contributed by atoms with Gasteiger partial charge in [0.15, 0.2) is 0 Å². The van der Waals surface area contributed by atoms with Crippen molar-refractivity contribution in [2.75, 3.05) is 13.6 Å². The van der Waals surface area contributed by atoms with Gasteiger partial charge >= 0.3 is 5.97 Å². The molecule has 1 aliphatic rings. The lowest BCUT2D eigenvalue weighted by Crippen LogP contribution is -2.33. The minimum absolute atomic E-state index is 0.0777. The van der Waals surface area contributed by atoms with Gasteiger partial charge in [-0.15, -0.1) is 0 Å². The fourth-order valence-electron chi connectivity index (χ4n) is 3.03. The predicted molar refractivity (Wildman–Crippen MR) is 88.3 cm³/mol. The summed E-state index contributed by atoms with van der Waals surface area (Å²) in [6.07, 6.45) is 1.11. The maximum absolute atomic E-state index is 12.5. The molecule has 4 heteroatoms. The Labute approximate surface area is 135 Å². The van der Waals surface area contributed by atoms with Crippen LogP contribution in [0.4, 0.5) is 0 Å². The number of hydrogen-bond acceptors (Lipinski definition) is 3. The molecule has 1 aliphatic carbocycles. The van der Waals surface area contributed by atoms with Gasteiger partial charge in [-0.2, -0.15) is 0 Å². The van der Waals surface area contributed by atoms with Crippen LogP contribution in [0, 0.1) is 22.7 Å². The molecule has 22 heavy (non-hydrogen) atoms. The molecule has 1 fully saturated rings. The number of ether oxygens (including phenoxy) is 1. The van der Waals surface area contributed by atoms with E-state index >= 15 is 0 Å². The van der Waals surface area contributed by atoms with Crippen molar-refractivity contribution in [2.45, 2.75) is 67.4 Å². The Bertz CT molecular complexity index is 426. The van der Waals surface area contributed by atoms with Gasteiger partial charge in [0.25, 0.3) is 0 Å². The molecular formula is C18H33NO3. The summed E-state index contributed by atoms with van der Waals surface area (Å²) in [5.41, 5.74) is -0.0346. The molecule has 0 radical (unpaired) electrons. The van der Waals surface area contributed by atoms with Gasteiger partial charge in [-0.25, -0.2) is 0 Å². The summed E-state index contributed by atoms with van der Waals surface area (Å²) in [5, 5.41) is 0. The van der Waals surface area contributed by atoms with E-state index in [-0.39, 0.29) is 34.7 Å². The van der Waals surface area contributed by atoms with Gasteiger partial charge in [0.1, 0.15) is 0 Å². The van der Waals surface area contributed by atoms with Crippen LogP contribution in [0.25, 0.3) is 0 Å². The highest BCUT2D eigenvalue weighted by molar-refractivity contribution is 5.83. The van der Waals surface area contributed by atoms with Crippen LogP contribution < -0.4 is 0 Å². The average Bonchev–Trinajstić information content (AvgIpc) is 2.82. The van der Waals surface area contributed by atoms with Crippen LogP contribution >= 0.6 is 0 Å². The van der Waals surface area contributed by atoms with Gasteiger partial charge in [-0.05, 0) is 37.0 Å². The molecule has 1 amide bonds. The molecule has 0 aromatic rings. The molecular weight excluding hydrogens is 278 g/mol. The quantitative estimate of drug-likeness (QED) is 0.676. The van der Waals surface area contributed by atoms with Crippen LogP contribution in [-0.2, 0) is 14.3 Å². The summed E-state index contributed by atoms with van der Waals surface area (Å²) in [6.45, 7) is 14.9. The number of esters is 1. The Hall–Kier alpha value is -1.06. The lowest BCUT2D eigenvalue weighted by atomic mass is 9.85. The van der Waals surface area contributed by atoms with Crippen molar-refractivity contribution in [3.8, 4) is 0 Å². The second kappa shape index (κ2) is 6.59. The average molecular weight is 311 g/mol. The maximum atomic E-state index is 12.5. The van der Waals surface area contributed by atoms with Crippen molar-refractivity contribution < 1.29 is 14.3 Å². The van der Waals surface area contributed by atoms with Gasteiger partial charge in [-0.1, -0.05) is 34.6 Å². The fourth-order valence-corrected chi connectivity index (χ4v) is 3.03. The highest BCUT2D eigenvalue weighted by atomic mass is 16.5. The van der Waals surface area contributed by atoms with Crippen molar-refractivity contribution in [3.05, 3.63) is 0 Å². The predicted octanol–water partition coefficient (Wildman–Crippen LogP) is 3.49. The zero-order chi connectivity index (χ0) is 17.3. The standard InChI is InChI=1S/C18H33NO3/c1-12(2)22-14(20)11-17(4,5)9-10-19(8)16(21)15-13(3)18(15,6)7/h12-13,15H,9-11H2,1-8H3. The molecule has 1 rings (SSSR count). The van der Waals surface area contributed by atoms with Crippen molar-refractivity contribution >= 4 is 11.9 Å². The smallest absolute Gasteiger partial charge is 0.306 e. The largest absolute Gasteiger partial charge is 0.463 e. The summed E-state index contributed by atoms with van der Waals surface area (Å²) in [6, 6.07) is 0. The molecule has 2 unspecified atom stereocenters. The van der Waals surface area contributed by atoms with E-state index in [9.17, 15) is 9.59 Å². The molecule has 1 saturated carbocycles. The topological polar surface area (TPSA) is 46.6 Å². The Kier molecular flexibility index (Phi) is 5.69. The Balaban J connectivity index is 2.44. The number of carbonyl (C=O) groups is 2. The van der Waals surface area contributed by atoms with E-state index in [0.29, 0.717) is 18.9 Å². The zero-order valence-electron chi connectivity index (χ0n) is 15.5. The van der Waals surface area contributed by atoms with Crippen molar-refractivity contribution in [1.29, 1.82) is 0 Å². The van der Waals surface area contributed by atoms with Gasteiger partial charge in [0, 0.05) is 19.5 Å². The SMILES string of the molecule is CC(C)OC(=O)CC(C)(C)CCN(C)C(=O)C1C(C)C1(C)C. The molecule has 2 atom stereocenters. The molecule has 0 aromatic heterocycles. The lowest BCUT2D eigenvalue weighted by Gasteiger charge is -2.27. The molecule has 0 aromatic carbocycles. The Morgan fingerprint density at radius 3 is 2.18 bits per heavy atom. The van der Waals surface area contributed by atoms with E-state index in [1.54, 1.807) is 0 Å². The first-order valence-corrected chi connectivity index (χ1v) is 8.33. The molecule has 0 saturated heterocycles. The van der Waals surface area contributed by atoms with Crippen molar-refractivity contribution in [2.24, 2.45) is 22.7 Å². The van der Waals surface area contributed by atoms with E-state index in [1.807, 2.05) is 25.8 Å². The van der Waals surface area contributed by atoms with Gasteiger partial charge in [-0.3, -0.25) is 9.59 Å². The number of rotatable bonds is 7. The van der Waals surface area contributed by atoms with Crippen LogP contribution in [0.15, 0.2) is 0 Å². The highest BCUT2D eigenvalue weighted by Crippen LogP contribution is 2.58. The second-order valence-corrected chi connectivity index (χ2v) is 8.48. The van der Waals surface area contributed by atoms with E-state index in [2.05, 4.69) is 34.6 Å². The number of amides is 1. The Morgan fingerprint density at radius 2 is 1.77 bits per heavy atom. The summed E-state index contributed by atoms with van der Waals surface area (Å²) in [4.78, 5) is 26.1. The lowest BCUT2D eigenvalue weighted by molar-refractivity contribution is -0.149. The zero-order valence-corrected chi connectivity index (χ0v) is 15.5. The van der Waals surface area contributed by atoms with Crippen LogP contribution in [0.2, 0.25) is 0 Å². The minimum atomic E-state index is -0.162. The number of nitrogens with zero attached hydrogens (tertiary/aromatic N) is 1. The van der Waals surface area contributed by atoms with Crippen LogP contribution in [0.3, 0.4) is 0 Å². The Morgan fingerprint density at radius 1 is 1.27 bits per heavy atom. The van der Waals surface area contributed by atoms with Gasteiger partial charge in [0.05, 0.1) is 12.5 Å². The van der Waals surface area contributed by atoms with Crippen LogP contribution in [0.1, 0.15) is 61.3 Å². The van der Waals surface area contributed by atoms with E-state index in [1.165, 1.54) is 0 Å². The van der Waals surface area contributed by atoms with E-state index < -0.39 is 0 Å². The first-order valence-electron chi connectivity index (χ1n) is 8.33. The van der Waals surface area contributed by atoms with Crippen molar-refractivity contribution in [1.82, 2.24) is 4.90 Å². The summed E-state index contributed by atoms with van der Waals surface area (Å²) < 4.78 is 5.21. The van der Waals surface area contributed by atoms with Crippen LogP contribution in [0.5, 0.6) is 0 Å². The number of carbonyl (C=O) groups excluding carboxylic acids is 2. The molecule has 0 bridgehead atoms. The van der Waals surface area contributed by atoms with Gasteiger partial charge < -0.3 is 9.64 Å². The van der Waals surface area contributed by atoms with Gasteiger partial charge in [0.2, 0.25) is 5.91 Å². The molecule has 0 aliphatic heterocycles. The maximum Gasteiger partial charge on any atom is 0.306 e. The van der Waals surface area contributed by atoms with E-state index in [0.717, 1.165) is 6.42 Å². The molecule has 0 spiro atoms. The summed E-state index contributed by atoms with van der Waals surface area (Å²) >= 11 is 0. The fraction of sp³-hybridized carbons (Fsp3) is 0.889. The minimum Gasteiger partial charge on any atom is -0.463 e. The first kappa shape index (κ1) is 19.0.